The Morgan fingerprint density at radius 3 is 2.80 bits per heavy atom. The van der Waals surface area contributed by atoms with Gasteiger partial charge in [-0.25, -0.2) is 13.8 Å². The lowest BCUT2D eigenvalue weighted by Crippen LogP contribution is -2.53. The van der Waals surface area contributed by atoms with Crippen molar-refractivity contribution in [3.8, 4) is 35.2 Å². The summed E-state index contributed by atoms with van der Waals surface area (Å²) in [4.78, 5) is 6.65. The van der Waals surface area contributed by atoms with E-state index in [9.17, 15) is 9.50 Å². The molecule has 180 valence electrons. The number of halogens is 2. The Morgan fingerprint density at radius 1 is 1.23 bits per heavy atom. The van der Waals surface area contributed by atoms with Gasteiger partial charge in [0.2, 0.25) is 5.88 Å². The first kappa shape index (κ1) is 22.9. The molecule has 0 radical (unpaired) electrons. The number of aromatic nitrogens is 3. The second kappa shape index (κ2) is 8.71. The van der Waals surface area contributed by atoms with Crippen LogP contribution in [0.25, 0.3) is 32.9 Å². The summed E-state index contributed by atoms with van der Waals surface area (Å²) in [7, 11) is 1.66. The van der Waals surface area contributed by atoms with Gasteiger partial charge in [0.15, 0.2) is 11.6 Å². The minimum absolute atomic E-state index is 0.0236. The summed E-state index contributed by atoms with van der Waals surface area (Å²) in [5.41, 5.74) is 0.292. The van der Waals surface area contributed by atoms with Gasteiger partial charge in [-0.15, -0.1) is 6.42 Å². The van der Waals surface area contributed by atoms with Crippen LogP contribution >= 0.6 is 0 Å². The minimum Gasteiger partial charge on any atom is -0.508 e. The Kier molecular flexibility index (Phi) is 5.69. The van der Waals surface area contributed by atoms with Gasteiger partial charge in [0.25, 0.3) is 0 Å². The zero-order valence-corrected chi connectivity index (χ0v) is 19.7. The summed E-state index contributed by atoms with van der Waals surface area (Å²) in [5.74, 6) is 1.85. The summed E-state index contributed by atoms with van der Waals surface area (Å²) >= 11 is 0. The maximum Gasteiger partial charge on any atom is 0.227 e. The molecule has 7 nitrogen and oxygen atoms in total. The number of aromatic hydroxyl groups is 1. The monoisotopic (exact) mass is 477 g/mol. The van der Waals surface area contributed by atoms with Crippen molar-refractivity contribution in [3.05, 3.63) is 41.5 Å². The lowest BCUT2D eigenvalue weighted by Gasteiger charge is -2.34. The van der Waals surface area contributed by atoms with Crippen molar-refractivity contribution in [1.29, 1.82) is 0 Å². The number of terminal acetylenes is 1. The van der Waals surface area contributed by atoms with Gasteiger partial charge >= 0.3 is 0 Å². The number of nitrogens with one attached hydrogen (secondary N) is 1. The molecule has 0 spiro atoms. The van der Waals surface area contributed by atoms with Crippen LogP contribution in [0, 0.1) is 24.0 Å². The number of hydrogen-bond acceptors (Lipinski definition) is 6. The first-order valence-electron chi connectivity index (χ1n) is 11.6. The molecule has 9 heteroatoms. The molecule has 0 bridgehead atoms. The first-order chi connectivity index (χ1) is 17.0. The fourth-order valence-corrected chi connectivity index (χ4v) is 4.88. The number of rotatable bonds is 1. The van der Waals surface area contributed by atoms with Crippen molar-refractivity contribution < 1.29 is 18.6 Å². The summed E-state index contributed by atoms with van der Waals surface area (Å²) in [6, 6.07) is 5.54. The highest BCUT2D eigenvalue weighted by atomic mass is 19.1. The van der Waals surface area contributed by atoms with Crippen LogP contribution in [0.5, 0.6) is 11.6 Å². The molecule has 2 aromatic carbocycles. The number of benzene rings is 2. The van der Waals surface area contributed by atoms with Crippen molar-refractivity contribution in [2.75, 3.05) is 31.1 Å². The molecule has 1 atom stereocenters. The van der Waals surface area contributed by atoms with Crippen LogP contribution < -0.4 is 15.0 Å². The number of ether oxygens (including phenoxy) is 1. The van der Waals surface area contributed by atoms with Crippen LogP contribution in [0.4, 0.5) is 14.6 Å². The van der Waals surface area contributed by atoms with Gasteiger partial charge < -0.3 is 20.1 Å². The Hall–Kier alpha value is -3.90. The van der Waals surface area contributed by atoms with Crippen LogP contribution in [0.3, 0.4) is 0 Å². The highest BCUT2D eigenvalue weighted by molar-refractivity contribution is 6.04. The average Bonchev–Trinajstić information content (AvgIpc) is 3.14. The number of hydrogen-bond donors (Lipinski definition) is 2. The van der Waals surface area contributed by atoms with Gasteiger partial charge in [-0.3, -0.25) is 4.68 Å². The number of aryl methyl sites for hydroxylation is 1. The van der Waals surface area contributed by atoms with E-state index in [0.29, 0.717) is 41.7 Å². The van der Waals surface area contributed by atoms with Gasteiger partial charge in [-0.05, 0) is 23.6 Å². The number of piperazine rings is 1. The molecular weight excluding hydrogens is 452 g/mol. The number of phenolic OH excluding ortho intramolecular Hbond substituents is 1. The molecule has 4 aromatic rings. The standard InChI is InChI=1S/C24H19F2N5O2.C2H6/c1-3-15-17(25)5-4-12-8-14(32)9-16(18(12)15)21-20(26)22-19-23(29-30(22)2)31-7-6-27-10-13(31)11-33-24(19)28-21;1-2/h1,4-5,8-9,13,27,32H,6-7,10-11H2,2H3;1-2H3/t13-;/m0./s1. The van der Waals surface area contributed by atoms with Crippen molar-refractivity contribution >= 4 is 27.5 Å². The molecule has 2 aliphatic rings. The van der Waals surface area contributed by atoms with E-state index in [0.717, 1.165) is 6.54 Å². The van der Waals surface area contributed by atoms with Crippen LogP contribution in [0.1, 0.15) is 19.4 Å². The second-order valence-corrected chi connectivity index (χ2v) is 8.27. The summed E-state index contributed by atoms with van der Waals surface area (Å²) < 4.78 is 38.2. The van der Waals surface area contributed by atoms with E-state index in [4.69, 9.17) is 11.2 Å². The van der Waals surface area contributed by atoms with E-state index < -0.39 is 11.6 Å². The number of phenols is 1. The molecule has 2 aliphatic heterocycles. The molecule has 6 rings (SSSR count). The fourth-order valence-electron chi connectivity index (χ4n) is 4.88. The minimum atomic E-state index is -0.647. The van der Waals surface area contributed by atoms with Crippen LogP contribution in [0.15, 0.2) is 24.3 Å². The van der Waals surface area contributed by atoms with Crippen molar-refractivity contribution in [1.82, 2.24) is 20.1 Å². The Bertz CT molecular complexity index is 1510. The second-order valence-electron chi connectivity index (χ2n) is 8.27. The molecule has 0 amide bonds. The van der Waals surface area contributed by atoms with E-state index in [2.05, 4.69) is 26.2 Å². The zero-order valence-electron chi connectivity index (χ0n) is 19.7. The summed E-state index contributed by atoms with van der Waals surface area (Å²) in [6.45, 7) is 6.56. The highest BCUT2D eigenvalue weighted by Crippen LogP contribution is 2.43. The van der Waals surface area contributed by atoms with E-state index >= 15 is 4.39 Å². The lowest BCUT2D eigenvalue weighted by atomic mass is 9.96. The first-order valence-corrected chi connectivity index (χ1v) is 11.6. The predicted octanol–water partition coefficient (Wildman–Crippen LogP) is 3.95. The summed E-state index contributed by atoms with van der Waals surface area (Å²) in [5, 5.41) is 19.5. The van der Waals surface area contributed by atoms with E-state index in [1.54, 1.807) is 7.05 Å². The zero-order chi connectivity index (χ0) is 24.9. The molecule has 0 unspecified atom stereocenters. The third-order valence-electron chi connectivity index (χ3n) is 6.36. The third-order valence-corrected chi connectivity index (χ3v) is 6.36. The normalized spacial score (nSPS) is 16.7. The quantitative estimate of drug-likeness (QED) is 0.405. The highest BCUT2D eigenvalue weighted by Gasteiger charge is 2.34. The van der Waals surface area contributed by atoms with Gasteiger partial charge in [0.05, 0.1) is 11.6 Å². The maximum absolute atomic E-state index is 16.1. The molecule has 2 N–H and O–H groups in total. The molecule has 2 aromatic heterocycles. The Balaban J connectivity index is 0.00000124. The Morgan fingerprint density at radius 2 is 2.03 bits per heavy atom. The van der Waals surface area contributed by atoms with E-state index in [-0.39, 0.29) is 40.0 Å². The van der Waals surface area contributed by atoms with Crippen LogP contribution in [0.2, 0.25) is 0 Å². The number of nitrogens with zero attached hydrogens (tertiary/aromatic N) is 4. The Labute approximate surface area is 201 Å². The van der Waals surface area contributed by atoms with E-state index in [1.165, 1.54) is 28.9 Å². The topological polar surface area (TPSA) is 75.4 Å². The SMILES string of the molecule is C#Cc1c(F)ccc2cc(O)cc(-c3nc4c5c(nn(C)c5c3F)N3CCNC[C@H]3CO4)c12.CC. The number of pyridine rings is 1. The third kappa shape index (κ3) is 3.44. The molecule has 1 saturated heterocycles. The van der Waals surface area contributed by atoms with Crippen molar-refractivity contribution in [2.45, 2.75) is 19.9 Å². The molecule has 4 heterocycles. The van der Waals surface area contributed by atoms with Gasteiger partial charge in [0, 0.05) is 37.6 Å². The molecule has 0 aliphatic carbocycles. The number of fused-ring (bicyclic) bond motifs is 3. The van der Waals surface area contributed by atoms with Gasteiger partial charge in [0.1, 0.15) is 34.8 Å². The van der Waals surface area contributed by atoms with Crippen molar-refractivity contribution in [2.24, 2.45) is 7.05 Å². The van der Waals surface area contributed by atoms with Crippen molar-refractivity contribution in [3.63, 3.8) is 0 Å². The van der Waals surface area contributed by atoms with Crippen LogP contribution in [-0.2, 0) is 7.05 Å². The van der Waals surface area contributed by atoms with Gasteiger partial charge in [-0.1, -0.05) is 25.8 Å². The largest absolute Gasteiger partial charge is 0.508 e. The fraction of sp³-hybridized carbons (Fsp3) is 0.308. The van der Waals surface area contributed by atoms with Crippen LogP contribution in [-0.4, -0.2) is 52.2 Å². The smallest absolute Gasteiger partial charge is 0.227 e. The average molecular weight is 478 g/mol. The number of anilines is 1. The predicted molar refractivity (Wildman–Crippen MR) is 132 cm³/mol. The molecule has 35 heavy (non-hydrogen) atoms. The van der Waals surface area contributed by atoms with Gasteiger partial charge in [-0.2, -0.15) is 5.10 Å². The molecule has 0 saturated carbocycles. The lowest BCUT2D eigenvalue weighted by molar-refractivity contribution is 0.265. The molecule has 1 fully saturated rings. The summed E-state index contributed by atoms with van der Waals surface area (Å²) in [6.07, 6.45) is 5.59. The maximum atomic E-state index is 16.1. The molecular formula is C26H25F2N5O2. The van der Waals surface area contributed by atoms with E-state index in [1.807, 2.05) is 13.8 Å².